The first kappa shape index (κ1) is 18.1. The van der Waals surface area contributed by atoms with Crippen LogP contribution < -0.4 is 5.43 Å². The predicted octanol–water partition coefficient (Wildman–Crippen LogP) is 3.18. The van der Waals surface area contributed by atoms with E-state index < -0.39 is 0 Å². The number of aromatic nitrogens is 1. The number of methoxy groups -OCH3 is 1. The molecule has 0 bridgehead atoms. The lowest BCUT2D eigenvalue weighted by Gasteiger charge is -2.02. The number of nitrogens with one attached hydrogen (secondary N) is 1. The van der Waals surface area contributed by atoms with Gasteiger partial charge in [0.25, 0.3) is 5.91 Å². The van der Waals surface area contributed by atoms with Crippen molar-refractivity contribution in [2.45, 2.75) is 6.54 Å². The van der Waals surface area contributed by atoms with E-state index in [1.54, 1.807) is 22.9 Å². The second-order valence-electron chi connectivity index (χ2n) is 5.51. The third kappa shape index (κ3) is 4.10. The number of amides is 1. The second kappa shape index (κ2) is 8.13. The zero-order valence-electron chi connectivity index (χ0n) is 14.0. The maximum atomic E-state index is 12.1. The van der Waals surface area contributed by atoms with Gasteiger partial charge in [-0.25, -0.2) is 5.43 Å². The maximum absolute atomic E-state index is 12.1. The average molecular weight is 461 g/mol. The summed E-state index contributed by atoms with van der Waals surface area (Å²) >= 11 is 2.18. The minimum Gasteiger partial charge on any atom is -0.468 e. The lowest BCUT2D eigenvalue weighted by molar-refractivity contribution is -0.141. The molecule has 3 aromatic rings. The van der Waals surface area contributed by atoms with E-state index in [9.17, 15) is 9.59 Å². The van der Waals surface area contributed by atoms with Gasteiger partial charge in [-0.15, -0.1) is 0 Å². The van der Waals surface area contributed by atoms with Crippen molar-refractivity contribution in [3.05, 3.63) is 69.4 Å². The van der Waals surface area contributed by atoms with Crippen molar-refractivity contribution >= 4 is 51.6 Å². The fourth-order valence-corrected chi connectivity index (χ4v) is 2.90. The summed E-state index contributed by atoms with van der Waals surface area (Å²) in [5, 5.41) is 4.98. The molecule has 0 unspecified atom stereocenters. The monoisotopic (exact) mass is 461 g/mol. The lowest BCUT2D eigenvalue weighted by Crippen LogP contribution is -2.17. The first-order valence-electron chi connectivity index (χ1n) is 7.82. The van der Waals surface area contributed by atoms with Gasteiger partial charge in [-0.3, -0.25) is 9.59 Å². The Hall–Kier alpha value is -2.68. The molecule has 132 valence electrons. The Balaban J connectivity index is 1.79. The fourth-order valence-electron chi connectivity index (χ4n) is 2.54. The Morgan fingerprint density at radius 2 is 1.92 bits per heavy atom. The maximum Gasteiger partial charge on any atom is 0.325 e. The Bertz CT molecular complexity index is 977. The van der Waals surface area contributed by atoms with E-state index in [4.69, 9.17) is 4.74 Å². The number of hydrazone groups is 1. The molecule has 2 aromatic carbocycles. The summed E-state index contributed by atoms with van der Waals surface area (Å²) < 4.78 is 7.58. The van der Waals surface area contributed by atoms with Gasteiger partial charge in [0, 0.05) is 31.8 Å². The quantitative estimate of drug-likeness (QED) is 0.275. The number of hydrogen-bond acceptors (Lipinski definition) is 4. The van der Waals surface area contributed by atoms with Crippen molar-refractivity contribution in [3.8, 4) is 0 Å². The van der Waals surface area contributed by atoms with Crippen molar-refractivity contribution in [1.29, 1.82) is 0 Å². The molecule has 3 rings (SSSR count). The minimum atomic E-state index is -0.332. The van der Waals surface area contributed by atoms with Crippen LogP contribution in [-0.2, 0) is 16.1 Å². The summed E-state index contributed by atoms with van der Waals surface area (Å²) in [7, 11) is 1.36. The third-order valence-electron chi connectivity index (χ3n) is 3.82. The molecule has 1 heterocycles. The molecule has 26 heavy (non-hydrogen) atoms. The number of carbonyl (C=O) groups is 2. The molecule has 0 radical (unpaired) electrons. The number of carbonyl (C=O) groups excluding carboxylic acids is 2. The van der Waals surface area contributed by atoms with Crippen molar-refractivity contribution in [2.24, 2.45) is 5.10 Å². The smallest absolute Gasteiger partial charge is 0.325 e. The number of nitrogens with zero attached hydrogens (tertiary/aromatic N) is 2. The van der Waals surface area contributed by atoms with E-state index in [2.05, 4.69) is 33.1 Å². The van der Waals surface area contributed by atoms with Gasteiger partial charge >= 0.3 is 5.97 Å². The summed E-state index contributed by atoms with van der Waals surface area (Å²) in [6.07, 6.45) is 3.38. The van der Waals surface area contributed by atoms with E-state index in [1.165, 1.54) is 7.11 Å². The van der Waals surface area contributed by atoms with Crippen LogP contribution in [0.3, 0.4) is 0 Å². The standard InChI is InChI=1S/C19H16IN3O3/c1-26-18(24)12-23-11-14(16-4-2-3-5-17(16)23)10-21-22-19(25)13-6-8-15(20)9-7-13/h2-11H,12H2,1H3,(H,22,25)/b21-10-. The summed E-state index contributed by atoms with van der Waals surface area (Å²) in [5.41, 5.74) is 4.75. The van der Waals surface area contributed by atoms with Gasteiger partial charge in [-0.1, -0.05) is 18.2 Å². The summed E-state index contributed by atoms with van der Waals surface area (Å²) in [5.74, 6) is -0.614. The molecule has 0 spiro atoms. The molecular weight excluding hydrogens is 445 g/mol. The molecule has 1 N–H and O–H groups in total. The van der Waals surface area contributed by atoms with E-state index in [0.717, 1.165) is 20.0 Å². The first-order valence-corrected chi connectivity index (χ1v) is 8.90. The average Bonchev–Trinajstić information content (AvgIpc) is 3.00. The van der Waals surface area contributed by atoms with Crippen molar-refractivity contribution in [1.82, 2.24) is 9.99 Å². The van der Waals surface area contributed by atoms with Crippen LogP contribution in [0.1, 0.15) is 15.9 Å². The van der Waals surface area contributed by atoms with E-state index in [1.807, 2.05) is 42.6 Å². The molecule has 0 saturated heterocycles. The van der Waals surface area contributed by atoms with Crippen LogP contribution in [0.5, 0.6) is 0 Å². The minimum absolute atomic E-state index is 0.111. The summed E-state index contributed by atoms with van der Waals surface area (Å²) in [4.78, 5) is 23.7. The fraction of sp³-hybridized carbons (Fsp3) is 0.105. The Kier molecular flexibility index (Phi) is 5.67. The van der Waals surface area contributed by atoms with Crippen LogP contribution >= 0.6 is 22.6 Å². The highest BCUT2D eigenvalue weighted by atomic mass is 127. The molecule has 0 aliphatic rings. The highest BCUT2D eigenvalue weighted by Crippen LogP contribution is 2.20. The van der Waals surface area contributed by atoms with E-state index >= 15 is 0 Å². The Morgan fingerprint density at radius 1 is 1.19 bits per heavy atom. The number of halogens is 1. The van der Waals surface area contributed by atoms with Gasteiger partial charge in [0.2, 0.25) is 0 Å². The zero-order valence-corrected chi connectivity index (χ0v) is 16.1. The summed E-state index contributed by atoms with van der Waals surface area (Å²) in [6.45, 7) is 0.111. The zero-order chi connectivity index (χ0) is 18.5. The molecule has 6 nitrogen and oxygen atoms in total. The molecule has 7 heteroatoms. The largest absolute Gasteiger partial charge is 0.468 e. The second-order valence-corrected chi connectivity index (χ2v) is 6.76. The van der Waals surface area contributed by atoms with Gasteiger partial charge in [0.15, 0.2) is 0 Å². The van der Waals surface area contributed by atoms with Crippen LogP contribution in [0, 0.1) is 3.57 Å². The molecule has 0 atom stereocenters. The predicted molar refractivity (Wildman–Crippen MR) is 108 cm³/mol. The molecule has 1 aromatic heterocycles. The Labute approximate surface area is 164 Å². The van der Waals surface area contributed by atoms with Gasteiger partial charge in [0.1, 0.15) is 6.54 Å². The third-order valence-corrected chi connectivity index (χ3v) is 4.54. The highest BCUT2D eigenvalue weighted by Gasteiger charge is 2.10. The SMILES string of the molecule is COC(=O)Cn1cc(/C=N\NC(=O)c2ccc(I)cc2)c2ccccc21. The molecule has 0 saturated carbocycles. The normalized spacial score (nSPS) is 11.0. The first-order chi connectivity index (χ1) is 12.6. The lowest BCUT2D eigenvalue weighted by atomic mass is 10.2. The number of ether oxygens (including phenoxy) is 1. The molecule has 0 aliphatic heterocycles. The van der Waals surface area contributed by atoms with Gasteiger partial charge in [-0.2, -0.15) is 5.10 Å². The summed E-state index contributed by atoms with van der Waals surface area (Å²) in [6, 6.07) is 14.9. The van der Waals surface area contributed by atoms with Crippen LogP contribution in [0.4, 0.5) is 0 Å². The van der Waals surface area contributed by atoms with E-state index in [-0.39, 0.29) is 18.4 Å². The van der Waals surface area contributed by atoms with Gasteiger partial charge in [0.05, 0.1) is 13.3 Å². The van der Waals surface area contributed by atoms with Crippen molar-refractivity contribution in [2.75, 3.05) is 7.11 Å². The molecule has 1 amide bonds. The number of esters is 1. The number of hydrogen-bond donors (Lipinski definition) is 1. The molecule has 0 fully saturated rings. The van der Waals surface area contributed by atoms with Crippen LogP contribution in [0.2, 0.25) is 0 Å². The topological polar surface area (TPSA) is 72.7 Å². The van der Waals surface area contributed by atoms with E-state index in [0.29, 0.717) is 5.56 Å². The van der Waals surface area contributed by atoms with Crippen LogP contribution in [0.15, 0.2) is 59.8 Å². The number of para-hydroxylation sites is 1. The molecule has 0 aliphatic carbocycles. The number of fused-ring (bicyclic) bond motifs is 1. The number of benzene rings is 2. The van der Waals surface area contributed by atoms with Crippen molar-refractivity contribution in [3.63, 3.8) is 0 Å². The highest BCUT2D eigenvalue weighted by molar-refractivity contribution is 14.1. The molecular formula is C19H16IN3O3. The van der Waals surface area contributed by atoms with Crippen LogP contribution in [-0.4, -0.2) is 29.8 Å². The number of rotatable bonds is 5. The van der Waals surface area contributed by atoms with Crippen LogP contribution in [0.25, 0.3) is 10.9 Å². The van der Waals surface area contributed by atoms with Crippen molar-refractivity contribution < 1.29 is 14.3 Å². The Morgan fingerprint density at radius 3 is 2.65 bits per heavy atom. The van der Waals surface area contributed by atoms with Gasteiger partial charge in [-0.05, 0) is 52.9 Å². The van der Waals surface area contributed by atoms with Gasteiger partial charge < -0.3 is 9.30 Å².